The zero-order chi connectivity index (χ0) is 106. The number of benzene rings is 3. The molecule has 8 N–H and O–H groups in total. The van der Waals surface area contributed by atoms with Gasteiger partial charge in [-0.15, -0.1) is 0 Å². The number of sulfone groups is 2. The summed E-state index contributed by atoms with van der Waals surface area (Å²) in [5.41, 5.74) is 7.40. The number of likely N-dealkylation sites (tertiary alicyclic amines) is 1. The topological polar surface area (TPSA) is 506 Å². The van der Waals surface area contributed by atoms with Gasteiger partial charge in [0.05, 0.1) is 143 Å². The van der Waals surface area contributed by atoms with Crippen molar-refractivity contribution < 1.29 is 132 Å². The van der Waals surface area contributed by atoms with Crippen molar-refractivity contribution in [3.05, 3.63) is 101 Å². The summed E-state index contributed by atoms with van der Waals surface area (Å²) in [5.74, 6) is -13.8. The van der Waals surface area contributed by atoms with E-state index in [9.17, 15) is 89.1 Å². The van der Waals surface area contributed by atoms with Crippen LogP contribution in [-0.2, 0) is 117 Å². The summed E-state index contributed by atoms with van der Waals surface area (Å²) in [5, 5.41) is 24.6. The number of nitrogens with two attached hydrogens (primary N) is 1. The van der Waals surface area contributed by atoms with Crippen molar-refractivity contribution in [2.45, 2.75) is 246 Å². The highest BCUT2D eigenvalue weighted by Gasteiger charge is 2.45. The Morgan fingerprint density at radius 3 is 1.65 bits per heavy atom. The highest BCUT2D eigenvalue weighted by atomic mass is 32.2. The Bertz CT molecular complexity index is 4560. The summed E-state index contributed by atoms with van der Waals surface area (Å²) in [7, 11) is 5.26. The molecule has 1 fully saturated rings. The van der Waals surface area contributed by atoms with E-state index in [1.165, 1.54) is 71.8 Å². The second kappa shape index (κ2) is 66.5. The number of carbonyl (C=O) groups is 14. The van der Waals surface area contributed by atoms with E-state index in [1.807, 2.05) is 90.9 Å². The fourth-order valence-electron chi connectivity index (χ4n) is 17.2. The molecule has 3 aromatic carbocycles. The Hall–Kier alpha value is -9.42. The van der Waals surface area contributed by atoms with Gasteiger partial charge in [0.1, 0.15) is 5.78 Å². The molecule has 0 saturated carbocycles. The Balaban J connectivity index is 0.000000798. The average molecular weight is 2030 g/mol. The number of nitrogens with one attached hydrogen (secondary N) is 5. The summed E-state index contributed by atoms with van der Waals surface area (Å²) < 4.78 is 99.7. The number of ether oxygens (including phenoxy) is 9. The first-order chi connectivity index (χ1) is 66.8. The second-order valence-corrected chi connectivity index (χ2v) is 41.9. The minimum atomic E-state index is -3.99. The maximum atomic E-state index is 14.6. The highest BCUT2D eigenvalue weighted by molar-refractivity contribution is 7.92. The number of hydrogen-bond acceptors (Lipinski definition) is 28. The molecule has 3 aromatic rings. The van der Waals surface area contributed by atoms with E-state index in [0.717, 1.165) is 18.4 Å². The molecule has 0 radical (unpaired) electrons. The maximum Gasteiger partial charge on any atom is 0.409 e. The number of likely N-dealkylation sites (N-methyl/N-ethyl adjacent to an activating group) is 2. The van der Waals surface area contributed by atoms with Crippen LogP contribution in [0, 0.1) is 53.3 Å². The molecule has 1 aliphatic heterocycles. The van der Waals surface area contributed by atoms with E-state index in [1.54, 1.807) is 70.9 Å². The standard InChI is InChI=1S/C60H93N5O19S2.C42H70N4O9/c1-8-43-15-22-49(23-16-43)63-58(72)46(12-9-27-62-60(61)74)39-54(69)56(42(2)3)65-55(70)26-21-47(59(73)64-51(52(67)14-11-29-84-33-31-80-5)25-24-50(66)13-10-28-83-32-30-79-4)38-53(68)44-17-19-45(20-18-44)57(71)48(40-85(75,76)36-34-81-6)41-86(77,78)37-35-82-7;1-14-27(6)37(44(9)41(51)31(25(2)3)23-33(47)36(26(4)5)45(10)42(52)55-13)34(53-11)24-35(48)46-22-18-21-32(46)39(54-12)28(7)40(50)43-29(8)38(49)30-19-16-15-17-20-30/h15-20,22-23,42,46-48,51,56H,8-14,21,24-41H2,1-7H3,(H,63,72)(H,64,73)(H,65,70)(H3,61,62,74);15-17,19-20,25-29,31-32,34,36-39,49H,14,18,21-24H2,1-13H3,(H,43,50)/t46-,47-,51+,56+;27-,28+,29+,31-,32-,34+,36-,37-,38+,39+/m10/s1. The van der Waals surface area contributed by atoms with Crippen molar-refractivity contribution in [1.82, 2.24) is 36.0 Å². The number of nitrogens with zero attached hydrogens (tertiary/aromatic N) is 3. The molecule has 0 aliphatic carbocycles. The SMILES string of the molecule is CC[C@H](C)[C@@H]([C@@H](CC(=O)N1CCC[C@H]1[C@H](OC)[C@@H](C)C(=O)N[C@H](C)[C@@H](O)c1ccccc1)OC)N(C)C(=O)[C@@H](CC(=O)[C@H](C(C)C)N(C)C(=O)OC)C(C)C.CCc1ccc(NC(=O)[C@H](CCCNC(N)=O)CC(=O)[C@@H](NC(=O)CC[C@H](CC(=O)c2ccc(C(=O)C(CS(=O)(=O)CCOC)CS(=O)(=O)CCOC)cc2)C(=O)N[C@@H](CCC(=O)CCCOCCOC)C(=O)CCCOCCOC)C(C)C)cc1. The van der Waals surface area contributed by atoms with Crippen molar-refractivity contribution in [2.75, 3.05) is 158 Å². The van der Waals surface area contributed by atoms with Crippen LogP contribution in [0.2, 0.25) is 0 Å². The van der Waals surface area contributed by atoms with Crippen LogP contribution in [0.25, 0.3) is 0 Å². The summed E-state index contributed by atoms with van der Waals surface area (Å²) in [6.07, 6.45) is -0.368. The number of ketones is 6. The molecule has 1 heterocycles. The first-order valence-electron chi connectivity index (χ1n) is 49.0. The molecule has 39 heteroatoms. The van der Waals surface area contributed by atoms with E-state index in [-0.39, 0.29) is 161 Å². The molecule has 0 bridgehead atoms. The summed E-state index contributed by atoms with van der Waals surface area (Å²) >= 11 is 0. The van der Waals surface area contributed by atoms with Gasteiger partial charge in [-0.2, -0.15) is 0 Å². The third-order valence-corrected chi connectivity index (χ3v) is 29.1. The Labute approximate surface area is 835 Å². The van der Waals surface area contributed by atoms with Crippen LogP contribution in [-0.4, -0.2) is 320 Å². The number of hydrogen-bond donors (Lipinski definition) is 7. The monoisotopic (exact) mass is 2030 g/mol. The predicted octanol–water partition coefficient (Wildman–Crippen LogP) is 9.33. The van der Waals surface area contributed by atoms with E-state index in [4.69, 9.17) is 48.4 Å². The second-order valence-electron chi connectivity index (χ2n) is 37.4. The van der Waals surface area contributed by atoms with Gasteiger partial charge in [-0.25, -0.2) is 26.4 Å². The Kier molecular flexibility index (Phi) is 59.3. The van der Waals surface area contributed by atoms with Crippen LogP contribution in [0.3, 0.4) is 0 Å². The third-order valence-electron chi connectivity index (χ3n) is 25.7. The number of primary amides is 1. The summed E-state index contributed by atoms with van der Waals surface area (Å²) in [6.45, 7) is 22.6. The smallest absolute Gasteiger partial charge is 0.409 e. The predicted molar refractivity (Wildman–Crippen MR) is 535 cm³/mol. The van der Waals surface area contributed by atoms with Gasteiger partial charge in [-0.3, -0.25) is 57.5 Å². The molecular formula is C102H163N9O28S2. The Morgan fingerprint density at radius 1 is 0.546 bits per heavy atom. The zero-order valence-electron chi connectivity index (χ0n) is 86.7. The number of methoxy groups -OCH3 is 7. The van der Waals surface area contributed by atoms with Crippen LogP contribution >= 0.6 is 0 Å². The lowest BCUT2D eigenvalue weighted by molar-refractivity contribution is -0.149. The molecule has 0 spiro atoms. The number of amides is 9. The van der Waals surface area contributed by atoms with Crippen molar-refractivity contribution in [3.8, 4) is 0 Å². The summed E-state index contributed by atoms with van der Waals surface area (Å²) in [6, 6.07) is 16.2. The number of urea groups is 1. The minimum absolute atomic E-state index is 0.00155. The maximum absolute atomic E-state index is 14.6. The molecule has 1 saturated heterocycles. The van der Waals surface area contributed by atoms with Crippen LogP contribution < -0.4 is 32.3 Å². The minimum Gasteiger partial charge on any atom is -0.453 e. The lowest BCUT2D eigenvalue weighted by Gasteiger charge is -2.41. The van der Waals surface area contributed by atoms with Gasteiger partial charge in [-0.05, 0) is 112 Å². The van der Waals surface area contributed by atoms with E-state index >= 15 is 0 Å². The van der Waals surface area contributed by atoms with Gasteiger partial charge in [0.25, 0.3) is 0 Å². The largest absolute Gasteiger partial charge is 0.453 e. The van der Waals surface area contributed by atoms with Crippen molar-refractivity contribution in [2.24, 2.45) is 59.0 Å². The number of aliphatic hydroxyl groups is 1. The molecule has 141 heavy (non-hydrogen) atoms. The van der Waals surface area contributed by atoms with Gasteiger partial charge in [-0.1, -0.05) is 142 Å². The van der Waals surface area contributed by atoms with Gasteiger partial charge < -0.3 is 94.8 Å². The number of aliphatic hydroxyl groups excluding tert-OH is 1. The van der Waals surface area contributed by atoms with Crippen LogP contribution in [0.15, 0.2) is 78.9 Å². The number of Topliss-reactive ketones (excluding diaryl/α,β-unsaturated/α-hetero) is 6. The molecular weight excluding hydrogens is 1860 g/mol. The van der Waals surface area contributed by atoms with Gasteiger partial charge in [0.2, 0.25) is 35.4 Å². The fourth-order valence-corrected chi connectivity index (χ4v) is 20.3. The van der Waals surface area contributed by atoms with Crippen molar-refractivity contribution in [3.63, 3.8) is 0 Å². The lowest BCUT2D eigenvalue weighted by Crippen LogP contribution is -2.55. The quantitative estimate of drug-likeness (QED) is 0.0204. The normalized spacial score (nSPS) is 15.6. The fraction of sp³-hybridized carbons (Fsp3) is 0.686. The molecule has 9 amide bonds. The highest BCUT2D eigenvalue weighted by Crippen LogP contribution is 2.33. The number of carbonyl (C=O) groups excluding carboxylic acids is 14. The van der Waals surface area contributed by atoms with Crippen molar-refractivity contribution >= 4 is 108 Å². The Morgan fingerprint density at radius 2 is 1.12 bits per heavy atom. The number of anilines is 1. The molecule has 4 rings (SSSR count). The first-order valence-corrected chi connectivity index (χ1v) is 52.7. The van der Waals surface area contributed by atoms with Gasteiger partial charge >= 0.3 is 12.1 Å². The van der Waals surface area contributed by atoms with Crippen LogP contribution in [0.5, 0.6) is 0 Å². The van der Waals surface area contributed by atoms with E-state index in [2.05, 4.69) is 26.6 Å². The molecule has 796 valence electrons. The van der Waals surface area contributed by atoms with Crippen molar-refractivity contribution in [1.29, 1.82) is 0 Å². The molecule has 0 unspecified atom stereocenters. The molecule has 1 aliphatic rings. The van der Waals surface area contributed by atoms with E-state index in [0.29, 0.717) is 69.9 Å². The first kappa shape index (κ1) is 126. The third kappa shape index (κ3) is 44.8. The molecule has 0 aromatic heterocycles. The molecule has 14 atom stereocenters. The summed E-state index contributed by atoms with van der Waals surface area (Å²) in [4.78, 5) is 196. The molecule has 37 nitrogen and oxygen atoms in total. The van der Waals surface area contributed by atoms with Crippen LogP contribution in [0.1, 0.15) is 223 Å². The lowest BCUT2D eigenvalue weighted by atomic mass is 9.83. The zero-order valence-corrected chi connectivity index (χ0v) is 88.4. The van der Waals surface area contributed by atoms with Gasteiger partial charge in [0.15, 0.2) is 48.6 Å². The number of rotatable bonds is 71. The van der Waals surface area contributed by atoms with Gasteiger partial charge in [0, 0.05) is 163 Å². The average Bonchev–Trinajstić information content (AvgIpc) is 1.59. The van der Waals surface area contributed by atoms with E-state index < -0.39 is 193 Å². The van der Waals surface area contributed by atoms with Crippen LogP contribution in [0.4, 0.5) is 15.3 Å². The number of aryl methyl sites for hydroxylation is 1.